The van der Waals surface area contributed by atoms with Crippen LogP contribution in [0.25, 0.3) is 0 Å². The van der Waals surface area contributed by atoms with Crippen molar-refractivity contribution in [2.24, 2.45) is 0 Å². The van der Waals surface area contributed by atoms with Gasteiger partial charge in [0.2, 0.25) is 10.0 Å². The van der Waals surface area contributed by atoms with Gasteiger partial charge < -0.3 is 9.84 Å². The Bertz CT molecular complexity index is 627. The topological polar surface area (TPSA) is 119 Å². The standard InChI is InChI=1S/C12H18N2O6S/c1-12(2,6-7-15)13-21(18,19)11-5-4-9(20-3)8-10(11)14(16)17/h4-5,8,13,15H,6-7H2,1-3H3. The second-order valence-corrected chi connectivity index (χ2v) is 6.70. The van der Waals surface area contributed by atoms with Crippen molar-refractivity contribution in [1.29, 1.82) is 0 Å². The zero-order valence-electron chi connectivity index (χ0n) is 12.0. The van der Waals surface area contributed by atoms with Crippen molar-refractivity contribution < 1.29 is 23.2 Å². The summed E-state index contributed by atoms with van der Waals surface area (Å²) in [5.41, 5.74) is -1.50. The molecule has 0 unspecified atom stereocenters. The zero-order valence-corrected chi connectivity index (χ0v) is 12.8. The molecule has 21 heavy (non-hydrogen) atoms. The average Bonchev–Trinajstić information content (AvgIpc) is 2.36. The minimum Gasteiger partial charge on any atom is -0.497 e. The van der Waals surface area contributed by atoms with E-state index in [0.29, 0.717) is 0 Å². The van der Waals surface area contributed by atoms with E-state index >= 15 is 0 Å². The summed E-state index contributed by atoms with van der Waals surface area (Å²) in [6.07, 6.45) is 0.177. The molecule has 0 heterocycles. The minimum absolute atomic E-state index is 0.177. The molecule has 1 rings (SSSR count). The highest BCUT2D eigenvalue weighted by Gasteiger charge is 2.31. The molecule has 0 aliphatic carbocycles. The Kier molecular flexibility index (Phi) is 5.26. The molecule has 8 nitrogen and oxygen atoms in total. The van der Waals surface area contributed by atoms with E-state index in [0.717, 1.165) is 12.1 Å². The highest BCUT2D eigenvalue weighted by molar-refractivity contribution is 7.89. The van der Waals surface area contributed by atoms with Crippen molar-refractivity contribution in [2.75, 3.05) is 13.7 Å². The molecule has 0 bridgehead atoms. The number of methoxy groups -OCH3 is 1. The summed E-state index contributed by atoms with van der Waals surface area (Å²) < 4.78 is 31.8. The number of hydrogen-bond acceptors (Lipinski definition) is 6. The second kappa shape index (κ2) is 6.37. The smallest absolute Gasteiger partial charge is 0.293 e. The van der Waals surface area contributed by atoms with Gasteiger partial charge in [-0.3, -0.25) is 10.1 Å². The van der Waals surface area contributed by atoms with Gasteiger partial charge in [-0.05, 0) is 32.4 Å². The molecule has 118 valence electrons. The van der Waals surface area contributed by atoms with E-state index in [1.165, 1.54) is 13.2 Å². The number of nitro benzene ring substituents is 1. The summed E-state index contributed by atoms with van der Waals surface area (Å²) in [7, 11) is -2.77. The third-order valence-electron chi connectivity index (χ3n) is 2.80. The van der Waals surface area contributed by atoms with Gasteiger partial charge >= 0.3 is 0 Å². The lowest BCUT2D eigenvalue weighted by molar-refractivity contribution is -0.387. The molecule has 0 spiro atoms. The van der Waals surface area contributed by atoms with Gasteiger partial charge in [-0.15, -0.1) is 0 Å². The van der Waals surface area contributed by atoms with Crippen molar-refractivity contribution in [3.8, 4) is 5.75 Å². The predicted molar refractivity (Wildman–Crippen MR) is 75.8 cm³/mol. The van der Waals surface area contributed by atoms with Crippen LogP contribution >= 0.6 is 0 Å². The lowest BCUT2D eigenvalue weighted by Crippen LogP contribution is -2.44. The molecule has 0 amide bonds. The summed E-state index contributed by atoms with van der Waals surface area (Å²) in [4.78, 5) is 9.82. The minimum atomic E-state index is -4.10. The van der Waals surface area contributed by atoms with Crippen LogP contribution in [0.5, 0.6) is 5.75 Å². The van der Waals surface area contributed by atoms with Gasteiger partial charge in [0.15, 0.2) is 4.90 Å². The fraction of sp³-hybridized carbons (Fsp3) is 0.500. The van der Waals surface area contributed by atoms with Crippen LogP contribution in [0.15, 0.2) is 23.1 Å². The number of sulfonamides is 1. The number of ether oxygens (including phenoxy) is 1. The average molecular weight is 318 g/mol. The molecule has 2 N–H and O–H groups in total. The lowest BCUT2D eigenvalue weighted by atomic mass is 10.0. The molecule has 0 radical (unpaired) electrons. The fourth-order valence-electron chi connectivity index (χ4n) is 1.74. The molecular weight excluding hydrogens is 300 g/mol. The summed E-state index contributed by atoms with van der Waals surface area (Å²) in [6, 6.07) is 3.50. The number of hydrogen-bond donors (Lipinski definition) is 2. The maximum atomic E-state index is 12.3. The maximum Gasteiger partial charge on any atom is 0.293 e. The summed E-state index contributed by atoms with van der Waals surface area (Å²) in [6.45, 7) is 2.95. The Morgan fingerprint density at radius 3 is 2.52 bits per heavy atom. The van der Waals surface area contributed by atoms with Crippen molar-refractivity contribution in [3.05, 3.63) is 28.3 Å². The monoisotopic (exact) mass is 318 g/mol. The van der Waals surface area contributed by atoms with E-state index in [1.54, 1.807) is 13.8 Å². The molecular formula is C12H18N2O6S. The number of rotatable bonds is 7. The first-order valence-corrected chi connectivity index (χ1v) is 7.58. The van der Waals surface area contributed by atoms with Crippen molar-refractivity contribution in [2.45, 2.75) is 30.7 Å². The highest BCUT2D eigenvalue weighted by atomic mass is 32.2. The fourth-order valence-corrected chi connectivity index (χ4v) is 3.34. The van der Waals surface area contributed by atoms with Crippen molar-refractivity contribution >= 4 is 15.7 Å². The van der Waals surface area contributed by atoms with Crippen molar-refractivity contribution in [1.82, 2.24) is 4.72 Å². The van der Waals surface area contributed by atoms with Gasteiger partial charge in [0.25, 0.3) is 5.69 Å². The van der Waals surface area contributed by atoms with Crippen LogP contribution in [0.2, 0.25) is 0 Å². The summed E-state index contributed by atoms with van der Waals surface area (Å²) in [5, 5.41) is 20.0. The van der Waals surface area contributed by atoms with Crippen LogP contribution in [0.1, 0.15) is 20.3 Å². The Labute approximate surface area is 122 Å². The van der Waals surface area contributed by atoms with Gasteiger partial charge in [0.05, 0.1) is 18.1 Å². The van der Waals surface area contributed by atoms with Gasteiger partial charge in [0, 0.05) is 12.1 Å². The molecule has 1 aromatic carbocycles. The SMILES string of the molecule is COc1ccc(S(=O)(=O)NC(C)(C)CCO)c([N+](=O)[O-])c1. The van der Waals surface area contributed by atoms with E-state index in [4.69, 9.17) is 9.84 Å². The van der Waals surface area contributed by atoms with Crippen LogP contribution in [-0.4, -0.2) is 37.7 Å². The third-order valence-corrected chi connectivity index (χ3v) is 4.55. The second-order valence-electron chi connectivity index (χ2n) is 5.05. The Balaban J connectivity index is 3.28. The van der Waals surface area contributed by atoms with Crippen LogP contribution in [0.4, 0.5) is 5.69 Å². The number of nitrogens with one attached hydrogen (secondary N) is 1. The maximum absolute atomic E-state index is 12.3. The number of benzene rings is 1. The van der Waals surface area contributed by atoms with E-state index < -0.39 is 31.1 Å². The lowest BCUT2D eigenvalue weighted by Gasteiger charge is -2.24. The molecule has 0 atom stereocenters. The zero-order chi connectivity index (χ0) is 16.3. The van der Waals surface area contributed by atoms with Gasteiger partial charge in [0.1, 0.15) is 5.75 Å². The number of aliphatic hydroxyl groups is 1. The van der Waals surface area contributed by atoms with Crippen LogP contribution < -0.4 is 9.46 Å². The number of aliphatic hydroxyl groups excluding tert-OH is 1. The molecule has 0 saturated carbocycles. The largest absolute Gasteiger partial charge is 0.497 e. The first-order valence-electron chi connectivity index (χ1n) is 6.10. The third kappa shape index (κ3) is 4.38. The molecule has 0 saturated heterocycles. The van der Waals surface area contributed by atoms with Crippen LogP contribution in [0.3, 0.4) is 0 Å². The summed E-state index contributed by atoms with van der Waals surface area (Å²) in [5.74, 6) is 0.190. The molecule has 1 aromatic rings. The first-order chi connectivity index (χ1) is 9.63. The van der Waals surface area contributed by atoms with Crippen LogP contribution in [0, 0.1) is 10.1 Å². The highest BCUT2D eigenvalue weighted by Crippen LogP contribution is 2.29. The summed E-state index contributed by atoms with van der Waals surface area (Å²) >= 11 is 0. The van der Waals surface area contributed by atoms with Gasteiger partial charge in [-0.2, -0.15) is 0 Å². The molecule has 0 aromatic heterocycles. The molecule has 0 aliphatic heterocycles. The molecule has 0 fully saturated rings. The predicted octanol–water partition coefficient (Wildman–Crippen LogP) is 1.04. The molecule has 0 aliphatic rings. The first kappa shape index (κ1) is 17.3. The Morgan fingerprint density at radius 2 is 2.05 bits per heavy atom. The van der Waals surface area contributed by atoms with Gasteiger partial charge in [-0.1, -0.05) is 0 Å². The normalized spacial score (nSPS) is 12.2. The van der Waals surface area contributed by atoms with E-state index in [9.17, 15) is 18.5 Å². The molecule has 9 heteroatoms. The van der Waals surface area contributed by atoms with E-state index in [1.807, 2.05) is 0 Å². The number of nitro groups is 1. The quantitative estimate of drug-likeness (QED) is 0.573. The Morgan fingerprint density at radius 1 is 1.43 bits per heavy atom. The number of nitrogens with zero attached hydrogens (tertiary/aromatic N) is 1. The van der Waals surface area contributed by atoms with E-state index in [-0.39, 0.29) is 18.8 Å². The Hall–Kier alpha value is -1.71. The van der Waals surface area contributed by atoms with Crippen molar-refractivity contribution in [3.63, 3.8) is 0 Å². The van der Waals surface area contributed by atoms with Crippen LogP contribution in [-0.2, 0) is 10.0 Å². The van der Waals surface area contributed by atoms with Gasteiger partial charge in [-0.25, -0.2) is 13.1 Å². The van der Waals surface area contributed by atoms with E-state index in [2.05, 4.69) is 4.72 Å².